The van der Waals surface area contributed by atoms with Crippen LogP contribution in [0.4, 0.5) is 0 Å². The first-order valence-electron chi connectivity index (χ1n) is 8.01. The first-order chi connectivity index (χ1) is 12.7. The number of carbonyl (C=O) groups is 1. The summed E-state index contributed by atoms with van der Waals surface area (Å²) in [6.07, 6.45) is 2.44. The van der Waals surface area contributed by atoms with Gasteiger partial charge in [-0.15, -0.1) is 11.3 Å². The molecule has 6 heteroatoms. The molecule has 0 radical (unpaired) electrons. The maximum atomic E-state index is 12.2. The Morgan fingerprint density at radius 3 is 2.77 bits per heavy atom. The molecule has 0 bridgehead atoms. The quantitative estimate of drug-likeness (QED) is 0.593. The molecule has 2 aromatic carbocycles. The summed E-state index contributed by atoms with van der Waals surface area (Å²) in [5, 5.41) is 8.80. The third-order valence-electron chi connectivity index (χ3n) is 3.62. The Balaban J connectivity index is 1.53. The molecule has 0 spiro atoms. The van der Waals surface area contributed by atoms with E-state index in [9.17, 15) is 4.79 Å². The Morgan fingerprint density at radius 2 is 2.04 bits per heavy atom. The van der Waals surface area contributed by atoms with Crippen LogP contribution in [0.5, 0.6) is 5.75 Å². The monoisotopic (exact) mass is 364 g/mol. The van der Waals surface area contributed by atoms with Crippen LogP contribution < -0.4 is 4.74 Å². The Bertz CT molecular complexity index is 900. The predicted molar refractivity (Wildman–Crippen MR) is 98.0 cm³/mol. The SMILES string of the molecule is N#Cc1ccc(OCc2cccc(C(=O)OCCc3cncs3)c2)cc1. The van der Waals surface area contributed by atoms with Crippen molar-refractivity contribution in [3.8, 4) is 11.8 Å². The van der Waals surface area contributed by atoms with Gasteiger partial charge in [-0.25, -0.2) is 4.79 Å². The summed E-state index contributed by atoms with van der Waals surface area (Å²) >= 11 is 1.54. The van der Waals surface area contributed by atoms with Crippen molar-refractivity contribution in [1.82, 2.24) is 4.98 Å². The third-order valence-corrected chi connectivity index (χ3v) is 4.46. The minimum absolute atomic E-state index is 0.326. The molecular formula is C20H16N2O3S. The van der Waals surface area contributed by atoms with E-state index in [0.717, 1.165) is 10.4 Å². The molecule has 1 heterocycles. The Labute approximate surface area is 155 Å². The molecule has 0 amide bonds. The van der Waals surface area contributed by atoms with Gasteiger partial charge in [-0.1, -0.05) is 12.1 Å². The lowest BCUT2D eigenvalue weighted by Crippen LogP contribution is -2.08. The van der Waals surface area contributed by atoms with E-state index in [1.54, 1.807) is 65.5 Å². The number of ether oxygens (including phenoxy) is 2. The molecule has 1 aromatic heterocycles. The second-order valence-electron chi connectivity index (χ2n) is 5.48. The van der Waals surface area contributed by atoms with Crippen LogP contribution in [0.25, 0.3) is 0 Å². The van der Waals surface area contributed by atoms with Gasteiger partial charge >= 0.3 is 5.97 Å². The number of nitrogens with zero attached hydrogens (tertiary/aromatic N) is 2. The van der Waals surface area contributed by atoms with E-state index in [1.165, 1.54) is 0 Å². The maximum Gasteiger partial charge on any atom is 0.338 e. The van der Waals surface area contributed by atoms with Crippen LogP contribution in [0.2, 0.25) is 0 Å². The lowest BCUT2D eigenvalue weighted by Gasteiger charge is -2.08. The van der Waals surface area contributed by atoms with Gasteiger partial charge < -0.3 is 9.47 Å². The smallest absolute Gasteiger partial charge is 0.338 e. The third kappa shape index (κ3) is 4.91. The number of thiazole rings is 1. The van der Waals surface area contributed by atoms with Gasteiger partial charge in [0, 0.05) is 17.5 Å². The van der Waals surface area contributed by atoms with Gasteiger partial charge in [-0.05, 0) is 42.0 Å². The summed E-state index contributed by atoms with van der Waals surface area (Å²) in [5.74, 6) is 0.316. The molecule has 0 unspecified atom stereocenters. The van der Waals surface area contributed by atoms with E-state index in [-0.39, 0.29) is 5.97 Å². The van der Waals surface area contributed by atoms with Crippen molar-refractivity contribution in [2.75, 3.05) is 6.61 Å². The number of carbonyl (C=O) groups excluding carboxylic acids is 1. The first kappa shape index (κ1) is 17.6. The highest BCUT2D eigenvalue weighted by Gasteiger charge is 2.08. The predicted octanol–water partition coefficient (Wildman–Crippen LogP) is 3.99. The first-order valence-corrected chi connectivity index (χ1v) is 8.89. The van der Waals surface area contributed by atoms with Gasteiger partial charge in [0.1, 0.15) is 12.4 Å². The summed E-state index contributed by atoms with van der Waals surface area (Å²) in [6, 6.07) is 16.1. The molecule has 0 aliphatic carbocycles. The molecule has 3 rings (SSSR count). The standard InChI is InChI=1S/C20H16N2O3S/c21-11-15-4-6-18(7-5-15)25-13-16-2-1-3-17(10-16)20(23)24-9-8-19-12-22-14-26-19/h1-7,10,12,14H,8-9,13H2. The van der Waals surface area contributed by atoms with Crippen molar-refractivity contribution in [2.24, 2.45) is 0 Å². The number of hydrogen-bond donors (Lipinski definition) is 0. The molecule has 0 saturated carbocycles. The van der Waals surface area contributed by atoms with Crippen molar-refractivity contribution < 1.29 is 14.3 Å². The van der Waals surface area contributed by atoms with Gasteiger partial charge in [0.25, 0.3) is 0 Å². The topological polar surface area (TPSA) is 72.2 Å². The summed E-state index contributed by atoms with van der Waals surface area (Å²) in [7, 11) is 0. The molecule has 3 aromatic rings. The van der Waals surface area contributed by atoms with Gasteiger partial charge in [0.05, 0.1) is 29.3 Å². The van der Waals surface area contributed by atoms with E-state index in [1.807, 2.05) is 6.07 Å². The highest BCUT2D eigenvalue weighted by Crippen LogP contribution is 2.15. The Hall–Kier alpha value is -3.17. The largest absolute Gasteiger partial charge is 0.489 e. The second kappa shape index (κ2) is 8.79. The number of nitriles is 1. The molecule has 5 nitrogen and oxygen atoms in total. The van der Waals surface area contributed by atoms with Crippen LogP contribution >= 0.6 is 11.3 Å². The number of hydrogen-bond acceptors (Lipinski definition) is 6. The molecule has 0 atom stereocenters. The van der Waals surface area contributed by atoms with Gasteiger partial charge in [0.15, 0.2) is 0 Å². The van der Waals surface area contributed by atoms with Crippen molar-refractivity contribution in [2.45, 2.75) is 13.0 Å². The van der Waals surface area contributed by atoms with Crippen LogP contribution in [0.15, 0.2) is 60.2 Å². The molecule has 0 aliphatic heterocycles. The zero-order valence-electron chi connectivity index (χ0n) is 13.9. The van der Waals surface area contributed by atoms with E-state index in [2.05, 4.69) is 11.1 Å². The normalized spacial score (nSPS) is 10.1. The van der Waals surface area contributed by atoms with Gasteiger partial charge in [0.2, 0.25) is 0 Å². The van der Waals surface area contributed by atoms with Crippen LogP contribution in [-0.2, 0) is 17.8 Å². The fourth-order valence-electron chi connectivity index (χ4n) is 2.27. The van der Waals surface area contributed by atoms with E-state index < -0.39 is 0 Å². The molecule has 0 aliphatic rings. The average molecular weight is 364 g/mol. The van der Waals surface area contributed by atoms with Crippen LogP contribution in [0.1, 0.15) is 26.4 Å². The molecule has 0 saturated heterocycles. The van der Waals surface area contributed by atoms with Crippen molar-refractivity contribution in [1.29, 1.82) is 5.26 Å². The van der Waals surface area contributed by atoms with E-state index in [0.29, 0.717) is 36.5 Å². The van der Waals surface area contributed by atoms with Gasteiger partial charge in [-0.3, -0.25) is 4.98 Å². The van der Waals surface area contributed by atoms with Crippen molar-refractivity contribution in [3.63, 3.8) is 0 Å². The summed E-state index contributed by atoms with van der Waals surface area (Å²) in [6.45, 7) is 0.654. The molecule has 0 N–H and O–H groups in total. The fourth-order valence-corrected chi connectivity index (χ4v) is 2.85. The van der Waals surface area contributed by atoms with Crippen molar-refractivity contribution >= 4 is 17.3 Å². The van der Waals surface area contributed by atoms with Crippen LogP contribution in [-0.4, -0.2) is 17.6 Å². The number of benzene rings is 2. The summed E-state index contributed by atoms with van der Waals surface area (Å²) in [4.78, 5) is 17.2. The van der Waals surface area contributed by atoms with Crippen LogP contribution in [0.3, 0.4) is 0 Å². The number of esters is 1. The highest BCUT2D eigenvalue weighted by molar-refractivity contribution is 7.09. The fraction of sp³-hybridized carbons (Fsp3) is 0.150. The van der Waals surface area contributed by atoms with E-state index >= 15 is 0 Å². The Kier molecular flexibility index (Phi) is 5.96. The molecule has 0 fully saturated rings. The van der Waals surface area contributed by atoms with Crippen molar-refractivity contribution in [3.05, 3.63) is 81.8 Å². The molecule has 26 heavy (non-hydrogen) atoms. The van der Waals surface area contributed by atoms with Gasteiger partial charge in [-0.2, -0.15) is 5.26 Å². The number of rotatable bonds is 7. The summed E-state index contributed by atoms with van der Waals surface area (Å²) in [5.41, 5.74) is 3.70. The molecule has 130 valence electrons. The minimum atomic E-state index is -0.352. The maximum absolute atomic E-state index is 12.2. The number of aromatic nitrogens is 1. The summed E-state index contributed by atoms with van der Waals surface area (Å²) < 4.78 is 11.0. The molecular weight excluding hydrogens is 348 g/mol. The minimum Gasteiger partial charge on any atom is -0.489 e. The van der Waals surface area contributed by atoms with Crippen LogP contribution in [0, 0.1) is 11.3 Å². The zero-order chi connectivity index (χ0) is 18.2. The lowest BCUT2D eigenvalue weighted by molar-refractivity contribution is 0.0509. The highest BCUT2D eigenvalue weighted by atomic mass is 32.1. The Morgan fingerprint density at radius 1 is 1.19 bits per heavy atom. The lowest BCUT2D eigenvalue weighted by atomic mass is 10.1. The average Bonchev–Trinajstić information content (AvgIpc) is 3.20. The zero-order valence-corrected chi connectivity index (χ0v) is 14.7. The van der Waals surface area contributed by atoms with E-state index in [4.69, 9.17) is 14.7 Å². The second-order valence-corrected chi connectivity index (χ2v) is 6.45.